The van der Waals surface area contributed by atoms with Gasteiger partial charge in [-0.05, 0) is 126 Å². The molecule has 23 heteroatoms. The summed E-state index contributed by atoms with van der Waals surface area (Å²) in [6, 6.07) is 66.8. The molecule has 9 aromatic carbocycles. The Labute approximate surface area is 467 Å². The van der Waals surface area contributed by atoms with Gasteiger partial charge in [0.25, 0.3) is 18.9 Å². The first kappa shape index (κ1) is 55.3. The van der Waals surface area contributed by atoms with Crippen molar-refractivity contribution in [3.63, 3.8) is 0 Å². The molecule has 0 aromatic heterocycles. The largest absolute Gasteiger partial charge is 0.497 e. The van der Waals surface area contributed by atoms with Crippen molar-refractivity contribution in [2.45, 2.75) is 18.9 Å². The average molecular weight is 1130 g/mol. The highest BCUT2D eigenvalue weighted by molar-refractivity contribution is 7.82. The van der Waals surface area contributed by atoms with E-state index in [1.165, 1.54) is 48.5 Å². The topological polar surface area (TPSA) is 179 Å². The summed E-state index contributed by atoms with van der Waals surface area (Å²) in [5.41, 5.74) is 3.94. The third kappa shape index (κ3) is 15.6. The van der Waals surface area contributed by atoms with E-state index in [1.54, 1.807) is 92.0 Å². The van der Waals surface area contributed by atoms with Crippen LogP contribution in [0.1, 0.15) is 35.6 Å². The fourth-order valence-electron chi connectivity index (χ4n) is 8.10. The van der Waals surface area contributed by atoms with Gasteiger partial charge in [0.1, 0.15) is 51.7 Å². The Kier molecular flexibility index (Phi) is 17.4. The van der Waals surface area contributed by atoms with E-state index in [9.17, 15) is 24.6 Å². The van der Waals surface area contributed by atoms with Gasteiger partial charge >= 0.3 is 42.4 Å². The minimum Gasteiger partial charge on any atom is -0.497 e. The fourth-order valence-corrected chi connectivity index (χ4v) is 8.78. The van der Waals surface area contributed by atoms with E-state index in [4.69, 9.17) is 46.9 Å². The van der Waals surface area contributed by atoms with Gasteiger partial charge in [0.2, 0.25) is 0 Å². The van der Waals surface area contributed by atoms with Gasteiger partial charge < -0.3 is 55.2 Å². The highest BCUT2D eigenvalue weighted by Gasteiger charge is 2.43. The van der Waals surface area contributed by atoms with Crippen LogP contribution >= 0.6 is 0 Å². The Bertz CT molecular complexity index is 3510. The first-order chi connectivity index (χ1) is 39.2. The number of methoxy groups -OCH3 is 1. The minimum absolute atomic E-state index is 0.238. The Morgan fingerprint density at radius 1 is 0.309 bits per heavy atom. The lowest BCUT2D eigenvalue weighted by Crippen LogP contribution is -2.61. The second kappa shape index (κ2) is 25.4. The van der Waals surface area contributed by atoms with Crippen LogP contribution in [-0.4, -0.2) is 45.3 Å². The zero-order chi connectivity index (χ0) is 56.2. The third-order valence-corrected chi connectivity index (χ3v) is 12.8. The maximum Gasteiger partial charge on any atom is 0.488 e. The lowest BCUT2D eigenvalue weighted by atomic mass is 9.61. The number of ether oxygens (including phenoxy) is 7. The van der Waals surface area contributed by atoms with Gasteiger partial charge in [-0.3, -0.25) is 0 Å². The van der Waals surface area contributed by atoms with Gasteiger partial charge in [0, 0.05) is 16.7 Å². The smallest absolute Gasteiger partial charge is 0.488 e. The van der Waals surface area contributed by atoms with Crippen molar-refractivity contribution in [2.24, 2.45) is 0 Å². The predicted octanol–water partition coefficient (Wildman–Crippen LogP) is 9.90. The lowest BCUT2D eigenvalue weighted by Gasteiger charge is -2.32. The monoisotopic (exact) mass is 1130 g/mol. The molecular formula is C58H45B3F2O16S2. The minimum atomic E-state index is -5.22. The highest BCUT2D eigenvalue weighted by atomic mass is 32.3. The van der Waals surface area contributed by atoms with E-state index in [0.29, 0.717) is 56.3 Å². The Balaban J connectivity index is 0.895. The van der Waals surface area contributed by atoms with E-state index in [2.05, 4.69) is 8.37 Å². The summed E-state index contributed by atoms with van der Waals surface area (Å²) in [6.07, 6.45) is -2.78. The van der Waals surface area contributed by atoms with Crippen LogP contribution in [0.3, 0.4) is 0 Å². The quantitative estimate of drug-likeness (QED) is 0.0335. The van der Waals surface area contributed by atoms with Crippen LogP contribution in [0, 0.1) is 0 Å². The number of benzene rings is 9. The normalized spacial score (nSPS) is 13.7. The Morgan fingerprint density at radius 3 is 0.741 bits per heavy atom. The molecule has 1 fully saturated rings. The first-order valence-corrected chi connectivity index (χ1v) is 27.4. The Hall–Kier alpha value is -8.99. The van der Waals surface area contributed by atoms with E-state index in [0.717, 1.165) is 5.56 Å². The van der Waals surface area contributed by atoms with Crippen LogP contribution in [0.5, 0.6) is 51.7 Å². The van der Waals surface area contributed by atoms with Crippen LogP contribution in [0.25, 0.3) is 0 Å². The van der Waals surface area contributed by atoms with Crippen molar-refractivity contribution in [3.8, 4) is 51.7 Å². The number of hydrogen-bond donors (Lipinski definition) is 0. The SMILES string of the molecule is COc1ccc(OC(Oc2ccc(B3OB(c4ccc(OC(Oc5ccc(OS(=O)(=O)F)cc5)c5ccccc5)cc4)OB(c4ccc(OC(Oc5ccc(OS(=O)(=O)F)cc5)c5ccccc5)cc4)O3)cc2)c2ccccc2)cc1. The zero-order valence-corrected chi connectivity index (χ0v) is 44.2. The van der Waals surface area contributed by atoms with E-state index in [1.807, 2.05) is 103 Å². The maximum absolute atomic E-state index is 13.2. The molecule has 0 radical (unpaired) electrons. The van der Waals surface area contributed by atoms with Crippen LogP contribution in [-0.2, 0) is 34.7 Å². The van der Waals surface area contributed by atoms with Crippen molar-refractivity contribution < 1.29 is 79.8 Å². The van der Waals surface area contributed by atoms with Crippen molar-refractivity contribution in [1.29, 1.82) is 0 Å². The molecule has 0 spiro atoms. The molecule has 3 atom stereocenters. The molecule has 0 saturated carbocycles. The standard InChI is InChI=1S/C58H45B3F2O16S2/c1-68-47-29-31-51(32-30-47)72-56(41-11-5-2-6-12-41)69-48-23-17-44(18-24-48)59-77-60(45-19-25-49(26-20-45)70-57(42-13-7-3-8-14-42)73-52-33-37-54(38-34-52)75-80(62,64)65)79-61(78-59)46-21-27-50(28-22-46)71-58(43-15-9-4-10-16-43)74-53-35-39-55(40-36-53)76-81(63,66)67/h2-40,56-58H,1H3. The van der Waals surface area contributed by atoms with E-state index < -0.39 is 61.2 Å². The molecule has 1 heterocycles. The molecule has 81 heavy (non-hydrogen) atoms. The molecule has 1 aliphatic heterocycles. The molecule has 0 amide bonds. The summed E-state index contributed by atoms with van der Waals surface area (Å²) in [4.78, 5) is 0. The average Bonchev–Trinajstić information content (AvgIpc) is 3.51. The molecule has 1 saturated heterocycles. The van der Waals surface area contributed by atoms with Crippen LogP contribution < -0.4 is 57.9 Å². The number of halogens is 2. The van der Waals surface area contributed by atoms with Gasteiger partial charge in [0.15, 0.2) is 0 Å². The second-order valence-corrected chi connectivity index (χ2v) is 19.5. The van der Waals surface area contributed by atoms with Crippen molar-refractivity contribution >= 4 is 58.8 Å². The molecule has 0 N–H and O–H groups in total. The molecule has 0 bridgehead atoms. The first-order valence-electron chi connectivity index (χ1n) is 24.8. The molecule has 0 aliphatic carbocycles. The highest BCUT2D eigenvalue weighted by Crippen LogP contribution is 2.31. The molecule has 1 aliphatic rings. The van der Waals surface area contributed by atoms with Gasteiger partial charge in [0.05, 0.1) is 7.11 Å². The van der Waals surface area contributed by atoms with Crippen molar-refractivity contribution in [1.82, 2.24) is 0 Å². The third-order valence-electron chi connectivity index (χ3n) is 12.0. The molecular weight excluding hydrogens is 1090 g/mol. The summed E-state index contributed by atoms with van der Waals surface area (Å²) in [5, 5.41) is 0. The molecule has 10 rings (SSSR count). The Morgan fingerprint density at radius 2 is 0.519 bits per heavy atom. The van der Waals surface area contributed by atoms with Crippen molar-refractivity contribution in [2.75, 3.05) is 7.11 Å². The maximum atomic E-state index is 13.2. The van der Waals surface area contributed by atoms with Gasteiger partial charge in [-0.1, -0.05) is 135 Å². The van der Waals surface area contributed by atoms with Crippen LogP contribution in [0.15, 0.2) is 237 Å². The molecule has 408 valence electrons. The molecule has 9 aromatic rings. The van der Waals surface area contributed by atoms with Crippen LogP contribution in [0.2, 0.25) is 0 Å². The van der Waals surface area contributed by atoms with Crippen molar-refractivity contribution in [3.05, 3.63) is 253 Å². The number of rotatable bonds is 23. The summed E-state index contributed by atoms with van der Waals surface area (Å²) in [6.45, 7) is 0. The van der Waals surface area contributed by atoms with E-state index >= 15 is 0 Å². The van der Waals surface area contributed by atoms with E-state index in [-0.39, 0.29) is 23.0 Å². The fraction of sp³-hybridized carbons (Fsp3) is 0.0690. The molecule has 16 nitrogen and oxygen atoms in total. The van der Waals surface area contributed by atoms with Gasteiger partial charge in [-0.2, -0.15) is 16.8 Å². The van der Waals surface area contributed by atoms with Crippen LogP contribution in [0.4, 0.5) is 7.77 Å². The molecule has 3 unspecified atom stereocenters. The lowest BCUT2D eigenvalue weighted by molar-refractivity contribution is 0.00352. The summed E-state index contributed by atoms with van der Waals surface area (Å²) in [7, 11) is -11.8. The number of hydrogen-bond acceptors (Lipinski definition) is 16. The second-order valence-electron chi connectivity index (χ2n) is 17.6. The zero-order valence-electron chi connectivity index (χ0n) is 42.6. The van der Waals surface area contributed by atoms with Gasteiger partial charge in [-0.15, -0.1) is 0 Å². The summed E-state index contributed by atoms with van der Waals surface area (Å²) < 4.78 is 142. The van der Waals surface area contributed by atoms with Gasteiger partial charge in [-0.25, -0.2) is 0 Å². The summed E-state index contributed by atoms with van der Waals surface area (Å²) >= 11 is 0. The summed E-state index contributed by atoms with van der Waals surface area (Å²) in [5.74, 6) is 2.65. The predicted molar refractivity (Wildman–Crippen MR) is 297 cm³/mol.